The van der Waals surface area contributed by atoms with Gasteiger partial charge < -0.3 is 9.73 Å². The largest absolute Gasteiger partial charge is 0.416 e. The van der Waals surface area contributed by atoms with Gasteiger partial charge in [0.15, 0.2) is 11.6 Å². The van der Waals surface area contributed by atoms with Crippen LogP contribution in [0.1, 0.15) is 123 Å². The number of amides is 1. The number of allylic oxidation sites excluding steroid dienone is 4. The molecule has 1 heterocycles. The molecule has 0 radical (unpaired) electrons. The summed E-state index contributed by atoms with van der Waals surface area (Å²) in [6, 6.07) is 2.40. The standard InChI is InChI=1S/C36H46N4O4/c1-31(2)24-10-11-35(6)25(34(24,5)17-20(19-37)27(31)42)16-23(41)26-22-18-33(4,13-12-32(22,3)14-15-36(26,35)7)30-40-39-29(44-30)28(43)38-21-8-9-21/h16-17,21-22,24,26H,8-15,18H2,1-7H3,(H,38,43)/t22-,24-,26?,32+,33-,34-,35+,36+/m0/s1. The molecular formula is C36H46N4O4. The van der Waals surface area contributed by atoms with Gasteiger partial charge in [-0.3, -0.25) is 14.4 Å². The number of nitrogens with zero attached hydrogens (tertiary/aromatic N) is 3. The summed E-state index contributed by atoms with van der Waals surface area (Å²) in [4.78, 5) is 40.6. The normalized spacial score (nSPS) is 44.2. The number of carbonyl (C=O) groups is 3. The topological polar surface area (TPSA) is 126 Å². The van der Waals surface area contributed by atoms with Crippen LogP contribution in [0.25, 0.3) is 0 Å². The molecule has 4 fully saturated rings. The zero-order chi connectivity index (χ0) is 31.7. The second-order valence-corrected chi connectivity index (χ2v) is 17.0. The highest BCUT2D eigenvalue weighted by molar-refractivity contribution is 6.04. The Morgan fingerprint density at radius 3 is 2.36 bits per heavy atom. The molecule has 8 nitrogen and oxygen atoms in total. The van der Waals surface area contributed by atoms with E-state index in [2.05, 4.69) is 56.2 Å². The molecule has 44 heavy (non-hydrogen) atoms. The monoisotopic (exact) mass is 598 g/mol. The van der Waals surface area contributed by atoms with E-state index in [1.807, 2.05) is 26.0 Å². The van der Waals surface area contributed by atoms with Crippen molar-refractivity contribution in [3.8, 4) is 6.07 Å². The average Bonchev–Trinajstić information content (AvgIpc) is 3.62. The van der Waals surface area contributed by atoms with E-state index < -0.39 is 16.2 Å². The third-order valence-corrected chi connectivity index (χ3v) is 14.1. The summed E-state index contributed by atoms with van der Waals surface area (Å²) in [5.74, 6) is 0.301. The van der Waals surface area contributed by atoms with Crippen LogP contribution in [-0.4, -0.2) is 33.7 Å². The summed E-state index contributed by atoms with van der Waals surface area (Å²) in [6.45, 7) is 15.4. The quantitative estimate of drug-likeness (QED) is 0.425. The van der Waals surface area contributed by atoms with Crippen LogP contribution in [0.4, 0.5) is 0 Å². The molecule has 1 aromatic rings. The number of hydrogen-bond donors (Lipinski definition) is 1. The maximum atomic E-state index is 14.6. The second-order valence-electron chi connectivity index (χ2n) is 17.0. The lowest BCUT2D eigenvalue weighted by molar-refractivity contribution is -0.166. The van der Waals surface area contributed by atoms with Crippen molar-refractivity contribution in [3.63, 3.8) is 0 Å². The first kappa shape index (κ1) is 29.6. The van der Waals surface area contributed by atoms with Gasteiger partial charge >= 0.3 is 11.8 Å². The Balaban J connectivity index is 1.28. The SMILES string of the molecule is CC1(C)C(=O)C(C#N)=C[C@]2(C)C3=CC(=O)C4[C@@H]5C[C@@](C)(c6nnc(C(=O)NC7CC7)o6)CC[C@]5(C)CC[C@@]4(C)[C@]3(C)CC[C@@H]12. The van der Waals surface area contributed by atoms with Crippen molar-refractivity contribution < 1.29 is 18.8 Å². The fourth-order valence-electron chi connectivity index (χ4n) is 10.9. The molecule has 0 spiro atoms. The molecule has 1 aromatic heterocycles. The first-order chi connectivity index (χ1) is 20.5. The summed E-state index contributed by atoms with van der Waals surface area (Å²) >= 11 is 0. The summed E-state index contributed by atoms with van der Waals surface area (Å²) in [5, 5.41) is 21.4. The third-order valence-electron chi connectivity index (χ3n) is 14.1. The Morgan fingerprint density at radius 2 is 1.68 bits per heavy atom. The van der Waals surface area contributed by atoms with Gasteiger partial charge in [-0.15, -0.1) is 10.2 Å². The number of Topliss-reactive ketones (excluding diaryl/α,β-unsaturated/α-hetero) is 1. The van der Waals surface area contributed by atoms with Crippen LogP contribution in [0, 0.1) is 56.2 Å². The smallest absolute Gasteiger partial charge is 0.309 e. The van der Waals surface area contributed by atoms with Gasteiger partial charge in [0.2, 0.25) is 5.89 Å². The van der Waals surface area contributed by atoms with Crippen LogP contribution in [0.15, 0.2) is 27.7 Å². The highest BCUT2D eigenvalue weighted by Crippen LogP contribution is 2.74. The zero-order valence-corrected chi connectivity index (χ0v) is 27.3. The highest BCUT2D eigenvalue weighted by atomic mass is 16.4. The summed E-state index contributed by atoms with van der Waals surface area (Å²) in [5.41, 5.74) is -0.818. The van der Waals surface area contributed by atoms with Gasteiger partial charge in [0.05, 0.1) is 5.57 Å². The van der Waals surface area contributed by atoms with Crippen molar-refractivity contribution in [3.05, 3.63) is 35.1 Å². The maximum absolute atomic E-state index is 14.6. The highest BCUT2D eigenvalue weighted by Gasteiger charge is 2.69. The number of ketones is 2. The summed E-state index contributed by atoms with van der Waals surface area (Å²) in [6.07, 6.45) is 12.2. The predicted octanol–water partition coefficient (Wildman–Crippen LogP) is 6.43. The number of nitriles is 1. The Hall–Kier alpha value is -3.08. The molecule has 6 aliphatic carbocycles. The van der Waals surface area contributed by atoms with Gasteiger partial charge in [0.1, 0.15) is 6.07 Å². The molecule has 8 heteroatoms. The molecule has 1 N–H and O–H groups in total. The van der Waals surface area contributed by atoms with Crippen molar-refractivity contribution in [1.82, 2.24) is 15.5 Å². The van der Waals surface area contributed by atoms with Gasteiger partial charge in [-0.25, -0.2) is 0 Å². The zero-order valence-electron chi connectivity index (χ0n) is 27.3. The molecule has 234 valence electrons. The molecule has 0 bridgehead atoms. The summed E-state index contributed by atoms with van der Waals surface area (Å²) < 4.78 is 6.05. The fraction of sp³-hybridized carbons (Fsp3) is 0.722. The van der Waals surface area contributed by atoms with E-state index in [1.165, 1.54) is 0 Å². The molecular weight excluding hydrogens is 552 g/mol. The maximum Gasteiger partial charge on any atom is 0.309 e. The Kier molecular flexibility index (Phi) is 6.07. The van der Waals surface area contributed by atoms with E-state index in [9.17, 15) is 19.6 Å². The van der Waals surface area contributed by atoms with E-state index in [4.69, 9.17) is 4.42 Å². The number of fused-ring (bicyclic) bond motifs is 7. The molecule has 0 aliphatic heterocycles. The molecule has 6 aliphatic rings. The minimum Gasteiger partial charge on any atom is -0.416 e. The van der Waals surface area contributed by atoms with Crippen LogP contribution < -0.4 is 5.32 Å². The molecule has 1 amide bonds. The van der Waals surface area contributed by atoms with Gasteiger partial charge in [-0.05, 0) is 91.9 Å². The van der Waals surface area contributed by atoms with Gasteiger partial charge in [0.25, 0.3) is 0 Å². The minimum absolute atomic E-state index is 0.0154. The fourth-order valence-corrected chi connectivity index (χ4v) is 10.9. The van der Waals surface area contributed by atoms with Gasteiger partial charge in [0, 0.05) is 28.2 Å². The van der Waals surface area contributed by atoms with Crippen molar-refractivity contribution in [2.75, 3.05) is 0 Å². The first-order valence-electron chi connectivity index (χ1n) is 16.6. The van der Waals surface area contributed by atoms with Crippen LogP contribution in [0.3, 0.4) is 0 Å². The Morgan fingerprint density at radius 1 is 0.977 bits per heavy atom. The van der Waals surface area contributed by atoms with Crippen LogP contribution >= 0.6 is 0 Å². The van der Waals surface area contributed by atoms with E-state index in [1.54, 1.807) is 0 Å². The van der Waals surface area contributed by atoms with Gasteiger partial charge in [-0.2, -0.15) is 5.26 Å². The number of hydrogen-bond acceptors (Lipinski definition) is 7. The predicted molar refractivity (Wildman–Crippen MR) is 163 cm³/mol. The van der Waals surface area contributed by atoms with Crippen molar-refractivity contribution >= 4 is 17.5 Å². The minimum atomic E-state index is -0.674. The number of rotatable bonds is 3. The van der Waals surface area contributed by atoms with E-state index in [0.29, 0.717) is 5.89 Å². The number of nitrogens with one attached hydrogen (secondary N) is 1. The van der Waals surface area contributed by atoms with Gasteiger partial charge in [-0.1, -0.05) is 60.1 Å². The van der Waals surface area contributed by atoms with Crippen molar-refractivity contribution in [1.29, 1.82) is 5.26 Å². The van der Waals surface area contributed by atoms with Crippen LogP contribution in [0.5, 0.6) is 0 Å². The molecule has 0 aromatic carbocycles. The molecule has 4 saturated carbocycles. The third kappa shape index (κ3) is 3.76. The first-order valence-corrected chi connectivity index (χ1v) is 16.6. The average molecular weight is 599 g/mol. The molecule has 1 unspecified atom stereocenters. The lowest BCUT2D eigenvalue weighted by Crippen LogP contribution is -2.64. The lowest BCUT2D eigenvalue weighted by atomic mass is 9.34. The van der Waals surface area contributed by atoms with E-state index in [0.717, 1.165) is 63.4 Å². The van der Waals surface area contributed by atoms with E-state index >= 15 is 0 Å². The van der Waals surface area contributed by atoms with Crippen LogP contribution in [0.2, 0.25) is 0 Å². The lowest BCUT2D eigenvalue weighted by Gasteiger charge is -2.69. The van der Waals surface area contributed by atoms with Crippen molar-refractivity contribution in [2.45, 2.75) is 118 Å². The Labute approximate surface area is 260 Å². The summed E-state index contributed by atoms with van der Waals surface area (Å²) in [7, 11) is 0. The Bertz CT molecular complexity index is 1590. The van der Waals surface area contributed by atoms with E-state index in [-0.39, 0.29) is 69.0 Å². The van der Waals surface area contributed by atoms with Crippen molar-refractivity contribution in [2.24, 2.45) is 44.8 Å². The molecule has 0 saturated heterocycles. The van der Waals surface area contributed by atoms with Crippen LogP contribution in [-0.2, 0) is 15.0 Å². The molecule has 8 atom stereocenters. The molecule has 7 rings (SSSR count). The number of carbonyl (C=O) groups excluding carboxylic acids is 3. The second kappa shape index (κ2) is 9.01. The number of aromatic nitrogens is 2.